The van der Waals surface area contributed by atoms with Gasteiger partial charge in [-0.3, -0.25) is 14.5 Å². The monoisotopic (exact) mass is 544 g/mol. The molecule has 1 aliphatic rings. The highest BCUT2D eigenvalue weighted by molar-refractivity contribution is 7.22. The van der Waals surface area contributed by atoms with Crippen molar-refractivity contribution in [2.75, 3.05) is 25.7 Å². The second kappa shape index (κ2) is 10.4. The number of hydrogen-bond acceptors (Lipinski definition) is 8. The standard InChI is InChI=1S/C30H28N2O6S/c1-6-38-19-12-10-18(11-13-19)26(33)23-25(20-8-7-9-21(36-4)28(20)37-5)32(29(35)27(23)34)30-31-24-17(3)14-16(2)15-22(24)39-30/h7-15,25,33H,6H2,1-5H3/b26-23+/t25-/m0/s1. The maximum absolute atomic E-state index is 13.7. The van der Waals surface area contributed by atoms with E-state index >= 15 is 0 Å². The number of fused-ring (bicyclic) bond motifs is 1. The van der Waals surface area contributed by atoms with Gasteiger partial charge in [-0.2, -0.15) is 0 Å². The van der Waals surface area contributed by atoms with Crippen molar-refractivity contribution in [3.8, 4) is 17.2 Å². The zero-order chi connectivity index (χ0) is 27.8. The Morgan fingerprint density at radius 1 is 1.05 bits per heavy atom. The van der Waals surface area contributed by atoms with E-state index in [4.69, 9.17) is 19.2 Å². The molecule has 4 aromatic rings. The van der Waals surface area contributed by atoms with Crippen LogP contribution in [-0.4, -0.2) is 42.6 Å². The molecule has 0 bridgehead atoms. The predicted octanol–water partition coefficient (Wildman–Crippen LogP) is 5.96. The number of methoxy groups -OCH3 is 2. The van der Waals surface area contributed by atoms with Crippen LogP contribution in [0.15, 0.2) is 60.2 Å². The third-order valence-corrected chi connectivity index (χ3v) is 7.64. The Kier molecular flexibility index (Phi) is 7.01. The molecule has 5 rings (SSSR count). The molecular formula is C30H28N2O6S. The van der Waals surface area contributed by atoms with Crippen LogP contribution in [0.25, 0.3) is 16.0 Å². The fraction of sp³-hybridized carbons (Fsp3) is 0.233. The van der Waals surface area contributed by atoms with E-state index in [-0.39, 0.29) is 11.3 Å². The molecule has 1 aliphatic heterocycles. The molecular weight excluding hydrogens is 516 g/mol. The molecule has 0 saturated carbocycles. The van der Waals surface area contributed by atoms with Crippen molar-refractivity contribution in [1.82, 2.24) is 4.98 Å². The minimum absolute atomic E-state index is 0.0668. The van der Waals surface area contributed by atoms with Gasteiger partial charge in [-0.1, -0.05) is 29.5 Å². The summed E-state index contributed by atoms with van der Waals surface area (Å²) in [5.41, 5.74) is 3.58. The number of nitrogens with zero attached hydrogens (tertiary/aromatic N) is 2. The number of aliphatic hydroxyl groups is 1. The van der Waals surface area contributed by atoms with Gasteiger partial charge in [0.25, 0.3) is 5.78 Å². The van der Waals surface area contributed by atoms with Crippen molar-refractivity contribution in [3.05, 3.63) is 82.4 Å². The lowest BCUT2D eigenvalue weighted by Crippen LogP contribution is -2.29. The van der Waals surface area contributed by atoms with E-state index in [1.165, 1.54) is 30.5 Å². The first-order chi connectivity index (χ1) is 18.8. The number of benzene rings is 3. The zero-order valence-electron chi connectivity index (χ0n) is 22.3. The smallest absolute Gasteiger partial charge is 0.301 e. The van der Waals surface area contributed by atoms with Crippen LogP contribution in [0.5, 0.6) is 17.2 Å². The van der Waals surface area contributed by atoms with Crippen molar-refractivity contribution in [3.63, 3.8) is 0 Å². The summed E-state index contributed by atoms with van der Waals surface area (Å²) in [7, 11) is 3.00. The average molecular weight is 545 g/mol. The zero-order valence-corrected chi connectivity index (χ0v) is 23.1. The van der Waals surface area contributed by atoms with Gasteiger partial charge in [-0.25, -0.2) is 4.98 Å². The fourth-order valence-electron chi connectivity index (χ4n) is 4.94. The molecule has 3 aromatic carbocycles. The lowest BCUT2D eigenvalue weighted by Gasteiger charge is -2.25. The highest BCUT2D eigenvalue weighted by Gasteiger charge is 2.49. The van der Waals surface area contributed by atoms with Gasteiger partial charge in [0.15, 0.2) is 16.6 Å². The van der Waals surface area contributed by atoms with Gasteiger partial charge >= 0.3 is 5.91 Å². The number of aromatic nitrogens is 1. The number of aliphatic hydroxyl groups excluding tert-OH is 1. The number of amides is 1. The fourth-order valence-corrected chi connectivity index (χ4v) is 6.11. The number of aryl methyl sites for hydroxylation is 2. The van der Waals surface area contributed by atoms with Gasteiger partial charge in [0.05, 0.1) is 36.6 Å². The van der Waals surface area contributed by atoms with E-state index in [1.54, 1.807) is 42.5 Å². The molecule has 1 amide bonds. The van der Waals surface area contributed by atoms with Crippen LogP contribution in [0.3, 0.4) is 0 Å². The lowest BCUT2D eigenvalue weighted by molar-refractivity contribution is -0.132. The molecule has 39 heavy (non-hydrogen) atoms. The van der Waals surface area contributed by atoms with Crippen LogP contribution < -0.4 is 19.1 Å². The molecule has 1 atom stereocenters. The molecule has 2 heterocycles. The molecule has 0 spiro atoms. The number of rotatable bonds is 7. The van der Waals surface area contributed by atoms with Gasteiger partial charge in [-0.05, 0) is 68.3 Å². The molecule has 1 N–H and O–H groups in total. The number of hydrogen-bond donors (Lipinski definition) is 1. The quantitative estimate of drug-likeness (QED) is 0.174. The topological polar surface area (TPSA) is 98.2 Å². The Labute approximate surface area is 230 Å². The number of thiazole rings is 1. The number of Topliss-reactive ketones (excluding diaryl/α,β-unsaturated/α-hetero) is 1. The SMILES string of the molecule is CCOc1ccc(/C(O)=C2\C(=O)C(=O)N(c3nc4c(C)cc(C)cc4s3)[C@H]2c2cccc(OC)c2OC)cc1. The third-order valence-electron chi connectivity index (χ3n) is 6.64. The summed E-state index contributed by atoms with van der Waals surface area (Å²) >= 11 is 1.32. The lowest BCUT2D eigenvalue weighted by atomic mass is 9.94. The predicted molar refractivity (Wildman–Crippen MR) is 151 cm³/mol. The Bertz CT molecular complexity index is 1620. The summed E-state index contributed by atoms with van der Waals surface area (Å²) in [6.45, 7) is 6.33. The summed E-state index contributed by atoms with van der Waals surface area (Å²) < 4.78 is 17.6. The second-order valence-corrected chi connectivity index (χ2v) is 10.1. The van der Waals surface area contributed by atoms with E-state index in [9.17, 15) is 14.7 Å². The molecule has 9 heteroatoms. The Morgan fingerprint density at radius 3 is 2.46 bits per heavy atom. The molecule has 1 aromatic heterocycles. The number of carbonyl (C=O) groups is 2. The third kappa shape index (κ3) is 4.48. The van der Waals surface area contributed by atoms with Crippen molar-refractivity contribution < 1.29 is 28.9 Å². The van der Waals surface area contributed by atoms with Crippen molar-refractivity contribution in [1.29, 1.82) is 0 Å². The number of para-hydroxylation sites is 1. The summed E-state index contributed by atoms with van der Waals surface area (Å²) in [6, 6.07) is 14.9. The van der Waals surface area contributed by atoms with Gasteiger partial charge in [0, 0.05) is 11.1 Å². The van der Waals surface area contributed by atoms with Crippen LogP contribution in [0, 0.1) is 13.8 Å². The van der Waals surface area contributed by atoms with Gasteiger partial charge in [0.1, 0.15) is 17.6 Å². The van der Waals surface area contributed by atoms with Crippen molar-refractivity contribution >= 4 is 44.1 Å². The maximum atomic E-state index is 13.7. The molecule has 1 fully saturated rings. The maximum Gasteiger partial charge on any atom is 0.301 e. The summed E-state index contributed by atoms with van der Waals surface area (Å²) in [4.78, 5) is 33.4. The van der Waals surface area contributed by atoms with Gasteiger partial charge in [0.2, 0.25) is 0 Å². The first-order valence-electron chi connectivity index (χ1n) is 12.4. The Hall–Kier alpha value is -4.37. The van der Waals surface area contributed by atoms with E-state index < -0.39 is 17.7 Å². The van der Waals surface area contributed by atoms with Crippen LogP contribution in [-0.2, 0) is 9.59 Å². The van der Waals surface area contributed by atoms with Gasteiger partial charge < -0.3 is 19.3 Å². The van der Waals surface area contributed by atoms with Crippen LogP contribution in [0.4, 0.5) is 5.13 Å². The van der Waals surface area contributed by atoms with Crippen LogP contribution in [0.1, 0.15) is 35.2 Å². The first kappa shape index (κ1) is 26.2. The Balaban J connectivity index is 1.76. The highest BCUT2D eigenvalue weighted by atomic mass is 32.1. The normalized spacial score (nSPS) is 16.6. The Morgan fingerprint density at radius 2 is 1.79 bits per heavy atom. The molecule has 1 saturated heterocycles. The van der Waals surface area contributed by atoms with Crippen LogP contribution in [0.2, 0.25) is 0 Å². The number of carbonyl (C=O) groups excluding carboxylic acids is 2. The van der Waals surface area contributed by atoms with Crippen molar-refractivity contribution in [2.24, 2.45) is 0 Å². The summed E-state index contributed by atoms with van der Waals surface area (Å²) in [5.74, 6) is -0.503. The average Bonchev–Trinajstić information content (AvgIpc) is 3.46. The largest absolute Gasteiger partial charge is 0.507 e. The first-order valence-corrected chi connectivity index (χ1v) is 13.2. The highest BCUT2D eigenvalue weighted by Crippen LogP contribution is 2.48. The molecule has 0 aliphatic carbocycles. The molecule has 0 unspecified atom stereocenters. The number of anilines is 1. The van der Waals surface area contributed by atoms with E-state index in [0.29, 0.717) is 40.1 Å². The molecule has 200 valence electrons. The number of ether oxygens (including phenoxy) is 3. The summed E-state index contributed by atoms with van der Waals surface area (Å²) in [5, 5.41) is 11.8. The van der Waals surface area contributed by atoms with E-state index in [2.05, 4.69) is 0 Å². The van der Waals surface area contributed by atoms with Gasteiger partial charge in [-0.15, -0.1) is 0 Å². The molecule has 8 nitrogen and oxygen atoms in total. The van der Waals surface area contributed by atoms with E-state index in [0.717, 1.165) is 21.3 Å². The van der Waals surface area contributed by atoms with E-state index in [1.807, 2.05) is 32.9 Å². The number of ketones is 1. The summed E-state index contributed by atoms with van der Waals surface area (Å²) in [6.07, 6.45) is 0. The van der Waals surface area contributed by atoms with Crippen molar-refractivity contribution in [2.45, 2.75) is 26.8 Å². The second-order valence-electron chi connectivity index (χ2n) is 9.13. The van der Waals surface area contributed by atoms with Crippen LogP contribution >= 0.6 is 11.3 Å². The minimum Gasteiger partial charge on any atom is -0.507 e. The molecule has 0 radical (unpaired) electrons. The minimum atomic E-state index is -1.01.